The minimum atomic E-state index is -0.708. The Balaban J connectivity index is 1.34. The van der Waals surface area contributed by atoms with Crippen LogP contribution >= 0.6 is 11.6 Å². The average Bonchev–Trinajstić information content (AvgIpc) is 3.54. The number of aromatic nitrogens is 2. The largest absolute Gasteiger partial charge is 0.443 e. The van der Waals surface area contributed by atoms with Crippen molar-refractivity contribution in [2.45, 2.75) is 38.1 Å². The summed E-state index contributed by atoms with van der Waals surface area (Å²) in [6, 6.07) is 14.3. The van der Waals surface area contributed by atoms with Crippen molar-refractivity contribution in [2.75, 3.05) is 6.54 Å². The smallest absolute Gasteiger partial charge is 0.257 e. The Labute approximate surface area is 213 Å². The molecule has 8 nitrogen and oxygen atoms in total. The number of pyridine rings is 2. The zero-order valence-electron chi connectivity index (χ0n) is 19.9. The second-order valence-corrected chi connectivity index (χ2v) is 9.54. The predicted molar refractivity (Wildman–Crippen MR) is 137 cm³/mol. The van der Waals surface area contributed by atoms with Crippen molar-refractivity contribution in [2.24, 2.45) is 7.05 Å². The van der Waals surface area contributed by atoms with E-state index >= 15 is 0 Å². The highest BCUT2D eigenvalue weighted by Crippen LogP contribution is 2.30. The summed E-state index contributed by atoms with van der Waals surface area (Å²) in [6.07, 6.45) is 4.26. The Hall–Kier alpha value is -3.46. The monoisotopic (exact) mass is 506 g/mol. The molecule has 4 aromatic rings. The van der Waals surface area contributed by atoms with Gasteiger partial charge in [-0.2, -0.15) is 0 Å². The minimum absolute atomic E-state index is 0.0518. The average molecular weight is 507 g/mol. The van der Waals surface area contributed by atoms with Gasteiger partial charge < -0.3 is 19.4 Å². The number of amides is 1. The molecule has 1 aromatic carbocycles. The molecule has 0 spiro atoms. The van der Waals surface area contributed by atoms with Crippen molar-refractivity contribution in [1.82, 2.24) is 19.8 Å². The van der Waals surface area contributed by atoms with Crippen LogP contribution in [0.1, 0.15) is 46.3 Å². The van der Waals surface area contributed by atoms with E-state index in [0.29, 0.717) is 34.1 Å². The van der Waals surface area contributed by atoms with Crippen LogP contribution in [0.25, 0.3) is 11.1 Å². The fourth-order valence-corrected chi connectivity index (χ4v) is 4.91. The normalized spacial score (nSPS) is 16.9. The summed E-state index contributed by atoms with van der Waals surface area (Å²) in [5.41, 5.74) is 1.60. The fraction of sp³-hybridized carbons (Fsp3) is 0.296. The highest BCUT2D eigenvalue weighted by Gasteiger charge is 2.33. The second-order valence-electron chi connectivity index (χ2n) is 9.10. The van der Waals surface area contributed by atoms with Gasteiger partial charge in [0.05, 0.1) is 17.6 Å². The summed E-state index contributed by atoms with van der Waals surface area (Å²) in [5, 5.41) is 14.7. The van der Waals surface area contributed by atoms with E-state index in [1.165, 1.54) is 6.20 Å². The van der Waals surface area contributed by atoms with E-state index in [1.54, 1.807) is 36.0 Å². The highest BCUT2D eigenvalue weighted by molar-refractivity contribution is 6.30. The molecule has 1 unspecified atom stereocenters. The molecule has 0 saturated carbocycles. The molecular formula is C27H27ClN4O4. The van der Waals surface area contributed by atoms with E-state index in [4.69, 9.17) is 16.0 Å². The molecule has 4 heterocycles. The van der Waals surface area contributed by atoms with Crippen LogP contribution in [-0.4, -0.2) is 38.1 Å². The van der Waals surface area contributed by atoms with E-state index < -0.39 is 12.0 Å². The molecule has 9 heteroatoms. The Morgan fingerprint density at radius 2 is 2.08 bits per heavy atom. The van der Waals surface area contributed by atoms with Crippen molar-refractivity contribution < 1.29 is 14.3 Å². The molecular weight excluding hydrogens is 480 g/mol. The van der Waals surface area contributed by atoms with Crippen LogP contribution in [0.3, 0.4) is 0 Å². The molecule has 1 fully saturated rings. The topological polar surface area (TPSA) is 101 Å². The molecule has 1 saturated heterocycles. The Bertz CT molecular complexity index is 1430. The number of hydrogen-bond acceptors (Lipinski definition) is 6. The summed E-state index contributed by atoms with van der Waals surface area (Å²) in [6.45, 7) is 1.53. The van der Waals surface area contributed by atoms with Gasteiger partial charge in [-0.05, 0) is 55.3 Å². The van der Waals surface area contributed by atoms with Gasteiger partial charge in [0.2, 0.25) is 11.1 Å². The number of aliphatic hydroxyl groups excluding tert-OH is 1. The SMILES string of the molecule is Cn1cc(C(=O)NCc2ccc(Cl)cc2)c(=O)c2cc(CN3CCC[C@@H]3C(O)c3ccccn3)oc21. The zero-order valence-corrected chi connectivity index (χ0v) is 20.6. The van der Waals surface area contributed by atoms with Crippen molar-refractivity contribution in [3.8, 4) is 0 Å². The number of halogens is 1. The summed E-state index contributed by atoms with van der Waals surface area (Å²) in [4.78, 5) is 32.4. The van der Waals surface area contributed by atoms with Crippen molar-refractivity contribution in [3.05, 3.63) is 98.8 Å². The maximum absolute atomic E-state index is 13.2. The van der Waals surface area contributed by atoms with Crippen LogP contribution in [0, 0.1) is 0 Å². The molecule has 5 rings (SSSR count). The van der Waals surface area contributed by atoms with Gasteiger partial charge in [0.1, 0.15) is 17.4 Å². The third-order valence-corrected chi connectivity index (χ3v) is 6.89. The summed E-state index contributed by atoms with van der Waals surface area (Å²) < 4.78 is 7.68. The first-order chi connectivity index (χ1) is 17.4. The number of nitrogens with one attached hydrogen (secondary N) is 1. The van der Waals surface area contributed by atoms with Gasteiger partial charge in [-0.25, -0.2) is 0 Å². The molecule has 186 valence electrons. The lowest BCUT2D eigenvalue weighted by atomic mass is 10.0. The van der Waals surface area contributed by atoms with Gasteiger partial charge in [-0.3, -0.25) is 19.5 Å². The van der Waals surface area contributed by atoms with Crippen LogP contribution in [0.2, 0.25) is 5.02 Å². The number of benzene rings is 1. The number of carbonyl (C=O) groups is 1. The molecule has 0 aliphatic carbocycles. The number of furan rings is 1. The van der Waals surface area contributed by atoms with Crippen LogP contribution in [-0.2, 0) is 20.1 Å². The lowest BCUT2D eigenvalue weighted by Crippen LogP contribution is -2.34. The quantitative estimate of drug-likeness (QED) is 0.395. The molecule has 2 N–H and O–H groups in total. The maximum atomic E-state index is 13.2. The van der Waals surface area contributed by atoms with Crippen molar-refractivity contribution >= 4 is 28.6 Å². The first-order valence-corrected chi connectivity index (χ1v) is 12.3. The molecule has 1 aliphatic rings. The lowest BCUT2D eigenvalue weighted by Gasteiger charge is -2.27. The molecule has 1 amide bonds. The third-order valence-electron chi connectivity index (χ3n) is 6.64. The Morgan fingerprint density at radius 3 is 2.83 bits per heavy atom. The van der Waals surface area contributed by atoms with E-state index in [-0.39, 0.29) is 23.6 Å². The van der Waals surface area contributed by atoms with E-state index in [2.05, 4.69) is 15.2 Å². The molecule has 1 aliphatic heterocycles. The molecule has 2 atom stereocenters. The first-order valence-electron chi connectivity index (χ1n) is 11.9. The first kappa shape index (κ1) is 24.2. The van der Waals surface area contributed by atoms with Gasteiger partial charge in [0.25, 0.3) is 5.91 Å². The van der Waals surface area contributed by atoms with Gasteiger partial charge >= 0.3 is 0 Å². The summed E-state index contributed by atoms with van der Waals surface area (Å²) in [7, 11) is 1.74. The standard InChI is InChI=1S/C27H27ClN4O4/c1-31-16-21(26(35)30-14-17-7-9-18(28)10-8-17)24(33)20-13-19(36-27(20)31)15-32-12-4-6-23(32)25(34)22-5-2-3-11-29-22/h2-3,5,7-11,13,16,23,25,34H,4,6,12,14-15H2,1H3,(H,30,35)/t23-,25?/m1/s1. The number of aryl methyl sites for hydroxylation is 1. The molecule has 3 aromatic heterocycles. The van der Waals surface area contributed by atoms with Crippen molar-refractivity contribution in [1.29, 1.82) is 0 Å². The summed E-state index contributed by atoms with van der Waals surface area (Å²) in [5.74, 6) is 0.157. The zero-order chi connectivity index (χ0) is 25.2. The number of fused-ring (bicyclic) bond motifs is 1. The van der Waals surface area contributed by atoms with Crippen LogP contribution < -0.4 is 10.7 Å². The minimum Gasteiger partial charge on any atom is -0.443 e. The lowest BCUT2D eigenvalue weighted by molar-refractivity contribution is 0.0627. The van der Waals surface area contributed by atoms with E-state index in [0.717, 1.165) is 24.9 Å². The van der Waals surface area contributed by atoms with Gasteiger partial charge in [0.15, 0.2) is 0 Å². The number of carbonyl (C=O) groups excluding carboxylic acids is 1. The molecule has 0 radical (unpaired) electrons. The van der Waals surface area contributed by atoms with Crippen molar-refractivity contribution in [3.63, 3.8) is 0 Å². The van der Waals surface area contributed by atoms with Gasteiger partial charge in [-0.1, -0.05) is 29.8 Å². The Morgan fingerprint density at radius 1 is 1.28 bits per heavy atom. The van der Waals surface area contributed by atoms with E-state index in [9.17, 15) is 14.7 Å². The van der Waals surface area contributed by atoms with Crippen LogP contribution in [0.15, 0.2) is 70.1 Å². The van der Waals surface area contributed by atoms with Gasteiger partial charge in [-0.15, -0.1) is 0 Å². The fourth-order valence-electron chi connectivity index (χ4n) is 4.79. The van der Waals surface area contributed by atoms with E-state index in [1.807, 2.05) is 30.3 Å². The number of likely N-dealkylation sites (tertiary alicyclic amines) is 1. The van der Waals surface area contributed by atoms with Gasteiger partial charge in [0, 0.05) is 37.1 Å². The molecule has 36 heavy (non-hydrogen) atoms. The summed E-state index contributed by atoms with van der Waals surface area (Å²) >= 11 is 5.91. The van der Waals surface area contributed by atoms with Crippen LogP contribution in [0.4, 0.5) is 0 Å². The Kier molecular flexibility index (Phi) is 6.91. The number of hydrogen-bond donors (Lipinski definition) is 2. The number of nitrogens with zero attached hydrogens (tertiary/aromatic N) is 3. The molecule has 0 bridgehead atoms. The van der Waals surface area contributed by atoms with Crippen LogP contribution in [0.5, 0.6) is 0 Å². The second kappa shape index (κ2) is 10.3. The predicted octanol–water partition coefficient (Wildman–Crippen LogP) is 3.81. The highest BCUT2D eigenvalue weighted by atomic mass is 35.5. The number of aliphatic hydroxyl groups is 1. The number of rotatable bonds is 7. The maximum Gasteiger partial charge on any atom is 0.257 e. The third kappa shape index (κ3) is 4.93.